The maximum atomic E-state index is 13.6. The molecule has 4 nitrogen and oxygen atoms in total. The first-order valence-electron chi connectivity index (χ1n) is 5.80. The van der Waals surface area contributed by atoms with Crippen molar-refractivity contribution in [2.45, 2.75) is 0 Å². The molecule has 6 heteroatoms. The topological polar surface area (TPSA) is 55.0 Å². The van der Waals surface area contributed by atoms with E-state index in [1.54, 1.807) is 4.90 Å². The monoisotopic (exact) mass is 264 g/mol. The average Bonchev–Trinajstić information content (AvgIpc) is 2.39. The molecule has 0 radical (unpaired) electrons. The van der Waals surface area contributed by atoms with Gasteiger partial charge >= 0.3 is 0 Å². The zero-order valence-electron chi connectivity index (χ0n) is 10.5. The Morgan fingerprint density at radius 2 is 1.89 bits per heavy atom. The molecule has 1 aromatic carbocycles. The second-order valence-corrected chi connectivity index (χ2v) is 4.11. The van der Waals surface area contributed by atoms with E-state index in [4.69, 9.17) is 5.73 Å². The number of nitrogens with zero attached hydrogens (tertiary/aromatic N) is 3. The van der Waals surface area contributed by atoms with Gasteiger partial charge in [-0.05, 0) is 12.1 Å². The standard InChI is InChI=1S/C13H14F2N4/c1-19(5-4-16)13-17-7-9(8-18-13)11-3-2-10(14)6-12(11)15/h2-3,6-8H,4-5,16H2,1H3. The van der Waals surface area contributed by atoms with Crippen LogP contribution in [0.1, 0.15) is 0 Å². The van der Waals surface area contributed by atoms with Crippen LogP contribution < -0.4 is 10.6 Å². The van der Waals surface area contributed by atoms with Gasteiger partial charge in [0.1, 0.15) is 11.6 Å². The van der Waals surface area contributed by atoms with Gasteiger partial charge in [-0.3, -0.25) is 0 Å². The molecule has 0 saturated heterocycles. The molecule has 2 rings (SSSR count). The number of rotatable bonds is 4. The molecule has 1 heterocycles. The largest absolute Gasteiger partial charge is 0.343 e. The van der Waals surface area contributed by atoms with Crippen LogP contribution in [0.2, 0.25) is 0 Å². The van der Waals surface area contributed by atoms with Gasteiger partial charge in [-0.15, -0.1) is 0 Å². The number of hydrogen-bond acceptors (Lipinski definition) is 4. The van der Waals surface area contributed by atoms with E-state index in [-0.39, 0.29) is 5.56 Å². The van der Waals surface area contributed by atoms with Crippen molar-refractivity contribution in [2.24, 2.45) is 5.73 Å². The Labute approximate surface area is 109 Å². The summed E-state index contributed by atoms with van der Waals surface area (Å²) < 4.78 is 26.4. The minimum Gasteiger partial charge on any atom is -0.343 e. The summed E-state index contributed by atoms with van der Waals surface area (Å²) in [6.07, 6.45) is 3.01. The molecule has 100 valence electrons. The van der Waals surface area contributed by atoms with Crippen molar-refractivity contribution >= 4 is 5.95 Å². The molecule has 0 aliphatic rings. The summed E-state index contributed by atoms with van der Waals surface area (Å²) in [6, 6.07) is 3.41. The van der Waals surface area contributed by atoms with Crippen LogP contribution in [0.25, 0.3) is 11.1 Å². The van der Waals surface area contributed by atoms with Gasteiger partial charge in [-0.25, -0.2) is 18.7 Å². The van der Waals surface area contributed by atoms with E-state index in [9.17, 15) is 8.78 Å². The Hall–Kier alpha value is -2.08. The smallest absolute Gasteiger partial charge is 0.225 e. The molecule has 0 bridgehead atoms. The van der Waals surface area contributed by atoms with Gasteiger partial charge in [-0.1, -0.05) is 0 Å². The van der Waals surface area contributed by atoms with Crippen LogP contribution in [0, 0.1) is 11.6 Å². The van der Waals surface area contributed by atoms with Gasteiger partial charge in [-0.2, -0.15) is 0 Å². The Morgan fingerprint density at radius 1 is 1.21 bits per heavy atom. The van der Waals surface area contributed by atoms with Crippen LogP contribution in [0.4, 0.5) is 14.7 Å². The summed E-state index contributed by atoms with van der Waals surface area (Å²) in [7, 11) is 1.82. The van der Waals surface area contributed by atoms with Crippen molar-refractivity contribution in [1.82, 2.24) is 9.97 Å². The highest BCUT2D eigenvalue weighted by atomic mass is 19.1. The normalized spacial score (nSPS) is 10.5. The Kier molecular flexibility index (Phi) is 4.01. The van der Waals surface area contributed by atoms with Crippen molar-refractivity contribution in [1.29, 1.82) is 0 Å². The van der Waals surface area contributed by atoms with E-state index in [0.717, 1.165) is 6.07 Å². The molecular weight excluding hydrogens is 250 g/mol. The van der Waals surface area contributed by atoms with Gasteiger partial charge in [0.15, 0.2) is 0 Å². The van der Waals surface area contributed by atoms with E-state index in [0.29, 0.717) is 24.6 Å². The quantitative estimate of drug-likeness (QED) is 0.915. The summed E-state index contributed by atoms with van der Waals surface area (Å²) >= 11 is 0. The van der Waals surface area contributed by atoms with Gasteiger partial charge in [0.25, 0.3) is 0 Å². The first-order chi connectivity index (χ1) is 9.11. The predicted molar refractivity (Wildman–Crippen MR) is 69.7 cm³/mol. The summed E-state index contributed by atoms with van der Waals surface area (Å²) in [4.78, 5) is 10.1. The van der Waals surface area contributed by atoms with Gasteiger partial charge in [0.05, 0.1) is 0 Å². The SMILES string of the molecule is CN(CCN)c1ncc(-c2ccc(F)cc2F)cn1. The molecule has 0 aliphatic heterocycles. The lowest BCUT2D eigenvalue weighted by Crippen LogP contribution is -2.26. The fourth-order valence-corrected chi connectivity index (χ4v) is 1.67. The number of anilines is 1. The predicted octanol–water partition coefficient (Wildman–Crippen LogP) is 1.82. The summed E-state index contributed by atoms with van der Waals surface area (Å²) in [5, 5.41) is 0. The van der Waals surface area contributed by atoms with Gasteiger partial charge in [0, 0.05) is 49.7 Å². The summed E-state index contributed by atoms with van der Waals surface area (Å²) in [6.45, 7) is 1.12. The molecule has 0 spiro atoms. The molecule has 2 aromatic rings. The third-order valence-electron chi connectivity index (χ3n) is 2.69. The Bertz CT molecular complexity index is 557. The van der Waals surface area contributed by atoms with Crippen LogP contribution in [0.3, 0.4) is 0 Å². The van der Waals surface area contributed by atoms with Gasteiger partial charge in [0.2, 0.25) is 5.95 Å². The minimum atomic E-state index is -0.633. The van der Waals surface area contributed by atoms with Crippen molar-refractivity contribution in [2.75, 3.05) is 25.0 Å². The van der Waals surface area contributed by atoms with E-state index < -0.39 is 11.6 Å². The number of aromatic nitrogens is 2. The molecule has 19 heavy (non-hydrogen) atoms. The molecule has 0 saturated carbocycles. The zero-order valence-corrected chi connectivity index (χ0v) is 10.5. The molecule has 2 N–H and O–H groups in total. The van der Waals surface area contributed by atoms with Crippen LogP contribution in [0.15, 0.2) is 30.6 Å². The lowest BCUT2D eigenvalue weighted by molar-refractivity contribution is 0.585. The number of benzene rings is 1. The van der Waals surface area contributed by atoms with Crippen molar-refractivity contribution in [3.05, 3.63) is 42.2 Å². The van der Waals surface area contributed by atoms with Crippen molar-refractivity contribution in [3.63, 3.8) is 0 Å². The number of likely N-dealkylation sites (N-methyl/N-ethyl adjacent to an activating group) is 1. The fraction of sp³-hybridized carbons (Fsp3) is 0.231. The molecule has 0 fully saturated rings. The van der Waals surface area contributed by atoms with E-state index >= 15 is 0 Å². The highest BCUT2D eigenvalue weighted by Crippen LogP contribution is 2.22. The fourth-order valence-electron chi connectivity index (χ4n) is 1.67. The Morgan fingerprint density at radius 3 is 2.47 bits per heavy atom. The van der Waals surface area contributed by atoms with Crippen LogP contribution in [-0.2, 0) is 0 Å². The van der Waals surface area contributed by atoms with E-state index in [1.807, 2.05) is 7.05 Å². The second kappa shape index (κ2) is 5.71. The minimum absolute atomic E-state index is 0.273. The van der Waals surface area contributed by atoms with Crippen molar-refractivity contribution < 1.29 is 8.78 Å². The maximum Gasteiger partial charge on any atom is 0.225 e. The molecule has 0 aliphatic carbocycles. The van der Waals surface area contributed by atoms with Crippen LogP contribution in [-0.4, -0.2) is 30.1 Å². The Balaban J connectivity index is 2.27. The lowest BCUT2D eigenvalue weighted by atomic mass is 10.1. The third kappa shape index (κ3) is 3.03. The average molecular weight is 264 g/mol. The molecule has 0 atom stereocenters. The number of hydrogen-bond donors (Lipinski definition) is 1. The number of halogens is 2. The number of nitrogens with two attached hydrogens (primary N) is 1. The molecule has 0 unspecified atom stereocenters. The summed E-state index contributed by atoms with van der Waals surface area (Å²) in [5.74, 6) is -0.732. The van der Waals surface area contributed by atoms with E-state index in [2.05, 4.69) is 9.97 Å². The van der Waals surface area contributed by atoms with Crippen LogP contribution >= 0.6 is 0 Å². The maximum absolute atomic E-state index is 13.6. The molecule has 1 aromatic heterocycles. The third-order valence-corrected chi connectivity index (χ3v) is 2.69. The first-order valence-corrected chi connectivity index (χ1v) is 5.80. The summed E-state index contributed by atoms with van der Waals surface area (Å²) in [5.41, 5.74) is 6.21. The van der Waals surface area contributed by atoms with Gasteiger partial charge < -0.3 is 10.6 Å². The van der Waals surface area contributed by atoms with Crippen molar-refractivity contribution in [3.8, 4) is 11.1 Å². The highest BCUT2D eigenvalue weighted by Gasteiger charge is 2.09. The zero-order chi connectivity index (χ0) is 13.8. The van der Waals surface area contributed by atoms with Crippen LogP contribution in [0.5, 0.6) is 0 Å². The van der Waals surface area contributed by atoms with E-state index in [1.165, 1.54) is 24.5 Å². The second-order valence-electron chi connectivity index (χ2n) is 4.11. The highest BCUT2D eigenvalue weighted by molar-refractivity contribution is 5.62. The first kappa shape index (κ1) is 13.4. The molecular formula is C13H14F2N4. The molecule has 0 amide bonds. The lowest BCUT2D eigenvalue weighted by Gasteiger charge is -2.15.